The molecule has 1 aliphatic heterocycles. The minimum absolute atomic E-state index is 0.00915. The second-order valence-corrected chi connectivity index (χ2v) is 16.8. The summed E-state index contributed by atoms with van der Waals surface area (Å²) in [4.78, 5) is 102. The highest BCUT2D eigenvalue weighted by Crippen LogP contribution is 2.41. The molecule has 3 aromatic rings. The van der Waals surface area contributed by atoms with Crippen LogP contribution in [0.1, 0.15) is 83.5 Å². The zero-order valence-electron chi connectivity index (χ0n) is 37.0. The van der Waals surface area contributed by atoms with Gasteiger partial charge in [0.25, 0.3) is 11.8 Å². The molecule has 2 unspecified atom stereocenters. The molecule has 0 aliphatic carbocycles. The third-order valence-corrected chi connectivity index (χ3v) is 10.5. The maximum Gasteiger partial charge on any atom is 0.253 e. The fourth-order valence-corrected chi connectivity index (χ4v) is 7.40. The van der Waals surface area contributed by atoms with Crippen LogP contribution in [0, 0.1) is 17.0 Å². The van der Waals surface area contributed by atoms with Crippen LogP contribution in [0.2, 0.25) is 0 Å². The van der Waals surface area contributed by atoms with Gasteiger partial charge in [-0.05, 0) is 61.4 Å². The summed E-state index contributed by atoms with van der Waals surface area (Å²) in [5.41, 5.74) is 6.58. The molecule has 3 atom stereocenters. The smallest absolute Gasteiger partial charge is 0.253 e. The van der Waals surface area contributed by atoms with Crippen LogP contribution in [0.3, 0.4) is 0 Å². The summed E-state index contributed by atoms with van der Waals surface area (Å²) >= 11 is 0. The number of nitrogens with one attached hydrogen (secondary N) is 4. The molecule has 7 N–H and O–H groups in total. The van der Waals surface area contributed by atoms with Crippen LogP contribution in [0.5, 0.6) is 0 Å². The van der Waals surface area contributed by atoms with Crippen LogP contribution < -0.4 is 27.0 Å². The summed E-state index contributed by atoms with van der Waals surface area (Å²) < 4.78 is 31.3. The van der Waals surface area contributed by atoms with Crippen LogP contribution >= 0.6 is 0 Å². The van der Waals surface area contributed by atoms with Gasteiger partial charge in [0.1, 0.15) is 30.3 Å². The molecule has 0 spiro atoms. The molecule has 65 heavy (non-hydrogen) atoms. The molecule has 0 saturated carbocycles. The molecular formula is C46H58F2N8O9. The normalized spacial score (nSPS) is 13.8. The average molecular weight is 905 g/mol. The summed E-state index contributed by atoms with van der Waals surface area (Å²) in [5, 5.41) is 20.1. The second-order valence-electron chi connectivity index (χ2n) is 16.8. The van der Waals surface area contributed by atoms with Gasteiger partial charge in [-0.1, -0.05) is 57.5 Å². The number of benzene rings is 2. The molecule has 0 bridgehead atoms. The number of amides is 8. The van der Waals surface area contributed by atoms with Gasteiger partial charge in [-0.2, -0.15) is 0 Å². The van der Waals surface area contributed by atoms with E-state index in [1.807, 2.05) is 55.7 Å². The molecule has 350 valence electrons. The Balaban J connectivity index is 1.35. The van der Waals surface area contributed by atoms with Crippen molar-refractivity contribution >= 4 is 47.3 Å². The number of aliphatic hydroxyl groups is 1. The van der Waals surface area contributed by atoms with Crippen molar-refractivity contribution in [3.8, 4) is 11.1 Å². The molecule has 4 rings (SSSR count). The van der Waals surface area contributed by atoms with Gasteiger partial charge in [0, 0.05) is 67.8 Å². The minimum atomic E-state index is -1.43. The van der Waals surface area contributed by atoms with Crippen molar-refractivity contribution in [3.63, 3.8) is 0 Å². The Kier molecular flexibility index (Phi) is 18.6. The Morgan fingerprint density at radius 1 is 0.846 bits per heavy atom. The van der Waals surface area contributed by atoms with Gasteiger partial charge in [-0.3, -0.25) is 43.3 Å². The topological polar surface area (TPSA) is 242 Å². The molecule has 1 aromatic heterocycles. The van der Waals surface area contributed by atoms with Crippen LogP contribution in [0.25, 0.3) is 11.1 Å². The SMILES string of the molecule is CC(NC(=O)CNC(=O)CCCCCN1C(=O)C=CC1=O)C(=O)N[C@@H](CC(N)=O)C(=O)NCCCN(C(=O)CO)C(c1cc(-c2cc(F)ccc2F)cn1Cc1ccccc1)C(C)(C)C. The van der Waals surface area contributed by atoms with Crippen LogP contribution in [-0.4, -0.2) is 112 Å². The maximum absolute atomic E-state index is 15.1. The van der Waals surface area contributed by atoms with E-state index in [-0.39, 0.29) is 49.9 Å². The Bertz CT molecular complexity index is 2220. The van der Waals surface area contributed by atoms with Crippen LogP contribution in [0.4, 0.5) is 8.78 Å². The van der Waals surface area contributed by atoms with Gasteiger partial charge in [-0.15, -0.1) is 0 Å². The zero-order valence-corrected chi connectivity index (χ0v) is 37.0. The lowest BCUT2D eigenvalue weighted by Gasteiger charge is -2.41. The third kappa shape index (κ3) is 15.2. The molecular weight excluding hydrogens is 847 g/mol. The average Bonchev–Trinajstić information content (AvgIpc) is 3.80. The van der Waals surface area contributed by atoms with Gasteiger partial charge < -0.3 is 41.6 Å². The standard InChI is InChI=1S/C46H58F2N8O9/c1-29(52-39(60)25-51-38(59)14-9-6-10-20-55-40(61)17-18-41(55)62)44(64)53-35(24-37(49)58)45(65)50-19-11-21-56(42(63)28-57)43(46(2,3)4)36-22-31(33-23-32(47)15-16-34(33)48)27-54(36)26-30-12-7-5-8-13-30/h5,7-8,12-13,15-18,22-23,27,29,35,43,57H,6,9-11,14,19-21,24-26,28H2,1-4H3,(H2,49,58)(H,50,65)(H,51,59)(H,52,60)(H,53,64)/t29?,35-,43?/m0/s1. The van der Waals surface area contributed by atoms with E-state index in [0.717, 1.165) is 28.7 Å². The van der Waals surface area contributed by atoms with Crippen LogP contribution in [-0.2, 0) is 44.9 Å². The minimum Gasteiger partial charge on any atom is -0.387 e. The van der Waals surface area contributed by atoms with E-state index >= 15 is 4.39 Å². The highest BCUT2D eigenvalue weighted by Gasteiger charge is 2.37. The highest BCUT2D eigenvalue weighted by atomic mass is 19.1. The number of unbranched alkanes of at least 4 members (excludes halogenated alkanes) is 2. The number of nitrogens with two attached hydrogens (primary N) is 1. The largest absolute Gasteiger partial charge is 0.387 e. The van der Waals surface area contributed by atoms with Crippen LogP contribution in [0.15, 0.2) is 72.9 Å². The Hall–Kier alpha value is -6.76. The van der Waals surface area contributed by atoms with E-state index in [4.69, 9.17) is 5.73 Å². The summed E-state index contributed by atoms with van der Waals surface area (Å²) in [6.07, 6.45) is 5.25. The molecule has 0 radical (unpaired) electrons. The van der Waals surface area contributed by atoms with Gasteiger partial charge in [0.15, 0.2) is 0 Å². The summed E-state index contributed by atoms with van der Waals surface area (Å²) in [5.74, 6) is -6.26. The van der Waals surface area contributed by atoms with Gasteiger partial charge >= 0.3 is 0 Å². The fraction of sp³-hybridized carbons (Fsp3) is 0.435. The fourth-order valence-electron chi connectivity index (χ4n) is 7.40. The molecule has 8 amide bonds. The predicted molar refractivity (Wildman–Crippen MR) is 235 cm³/mol. The second kappa shape index (κ2) is 23.8. The van der Waals surface area contributed by atoms with Crippen molar-refractivity contribution in [1.29, 1.82) is 0 Å². The molecule has 17 nitrogen and oxygen atoms in total. The van der Waals surface area contributed by atoms with E-state index < -0.39 is 90.2 Å². The predicted octanol–water partition coefficient (Wildman–Crippen LogP) is 2.36. The Labute approximate surface area is 376 Å². The first-order valence-electron chi connectivity index (χ1n) is 21.3. The van der Waals surface area contributed by atoms with Crippen molar-refractivity contribution < 1.29 is 52.2 Å². The lowest BCUT2D eigenvalue weighted by atomic mass is 9.83. The first kappa shape index (κ1) is 50.9. The monoisotopic (exact) mass is 904 g/mol. The van der Waals surface area contributed by atoms with Crippen molar-refractivity contribution in [2.24, 2.45) is 11.1 Å². The Morgan fingerprint density at radius 2 is 1.54 bits per heavy atom. The number of primary amides is 1. The van der Waals surface area contributed by atoms with Gasteiger partial charge in [0.05, 0.1) is 19.0 Å². The summed E-state index contributed by atoms with van der Waals surface area (Å²) in [7, 11) is 0. The first-order chi connectivity index (χ1) is 30.8. The zero-order chi connectivity index (χ0) is 47.8. The number of aliphatic hydroxyl groups excluding tert-OH is 1. The summed E-state index contributed by atoms with van der Waals surface area (Å²) in [6.45, 7) is 6.25. The van der Waals surface area contributed by atoms with E-state index in [2.05, 4.69) is 21.3 Å². The van der Waals surface area contributed by atoms with Crippen molar-refractivity contribution in [2.75, 3.05) is 32.8 Å². The first-order valence-corrected chi connectivity index (χ1v) is 21.3. The van der Waals surface area contributed by atoms with Crippen molar-refractivity contribution in [1.82, 2.24) is 35.6 Å². The number of imide groups is 1. The maximum atomic E-state index is 15.1. The number of hydrogen-bond donors (Lipinski definition) is 6. The lowest BCUT2D eigenvalue weighted by Crippen LogP contribution is -2.54. The number of rotatable bonds is 24. The number of hydrogen-bond acceptors (Lipinski definition) is 9. The summed E-state index contributed by atoms with van der Waals surface area (Å²) in [6, 6.07) is 10.9. The molecule has 2 heterocycles. The molecule has 1 aliphatic rings. The van der Waals surface area contributed by atoms with Gasteiger partial charge in [0.2, 0.25) is 35.4 Å². The van der Waals surface area contributed by atoms with E-state index in [1.165, 1.54) is 24.0 Å². The number of carbonyl (C=O) groups excluding carboxylic acids is 8. The molecule has 19 heteroatoms. The number of halogens is 2. The number of aromatic nitrogens is 1. The van der Waals surface area contributed by atoms with Crippen molar-refractivity contribution in [3.05, 3.63) is 95.8 Å². The van der Waals surface area contributed by atoms with Gasteiger partial charge in [-0.25, -0.2) is 8.78 Å². The van der Waals surface area contributed by atoms with Crippen molar-refractivity contribution in [2.45, 2.75) is 90.9 Å². The van der Waals surface area contributed by atoms with E-state index in [0.29, 0.717) is 37.1 Å². The number of nitrogens with zero attached hydrogens (tertiary/aromatic N) is 3. The molecule has 0 saturated heterocycles. The Morgan fingerprint density at radius 3 is 2.18 bits per heavy atom. The molecule has 2 aromatic carbocycles. The quantitative estimate of drug-likeness (QED) is 0.0571. The van der Waals surface area contributed by atoms with E-state index in [9.17, 15) is 47.9 Å². The molecule has 0 fully saturated rings. The van der Waals surface area contributed by atoms with E-state index in [1.54, 1.807) is 12.3 Å². The number of carbonyl (C=O) groups is 8. The highest BCUT2D eigenvalue weighted by molar-refractivity contribution is 6.12. The lowest BCUT2D eigenvalue weighted by molar-refractivity contribution is -0.140. The third-order valence-electron chi connectivity index (χ3n) is 10.5.